The first kappa shape index (κ1) is 20.9. The summed E-state index contributed by atoms with van der Waals surface area (Å²) in [5, 5.41) is 15.3. The Bertz CT molecular complexity index is 969. The molecule has 5 nitrogen and oxygen atoms in total. The highest BCUT2D eigenvalue weighted by Crippen LogP contribution is 2.30. The molecule has 1 aliphatic rings. The van der Waals surface area contributed by atoms with E-state index in [2.05, 4.69) is 21.0 Å². The smallest absolute Gasteiger partial charge is 0.331 e. The van der Waals surface area contributed by atoms with Crippen LogP contribution in [-0.4, -0.2) is 22.7 Å². The minimum Gasteiger partial charge on any atom is -0.478 e. The standard InChI is InChI=1S/C22H20BrFN2O3/c1-2-3-20-19(21(27)26(25-20)18-10-8-17(24)9-11-18)13-15(22(28)29)12-14-4-6-16(23)7-5-14/h4-12,19H,2-3,13H2,1H3,(H,28,29)/b15-12-. The average Bonchev–Trinajstić information content (AvgIpc) is 2.99. The third kappa shape index (κ3) is 4.98. The van der Waals surface area contributed by atoms with Gasteiger partial charge in [-0.05, 0) is 60.9 Å². The monoisotopic (exact) mass is 458 g/mol. The third-order valence-corrected chi connectivity index (χ3v) is 5.15. The van der Waals surface area contributed by atoms with E-state index in [1.807, 2.05) is 19.1 Å². The number of nitrogens with zero attached hydrogens (tertiary/aromatic N) is 2. The molecule has 2 aromatic carbocycles. The summed E-state index contributed by atoms with van der Waals surface area (Å²) in [4.78, 5) is 24.9. The van der Waals surface area contributed by atoms with Crippen molar-refractivity contribution in [1.29, 1.82) is 0 Å². The van der Waals surface area contributed by atoms with E-state index in [9.17, 15) is 19.1 Å². The van der Waals surface area contributed by atoms with Crippen molar-refractivity contribution in [2.24, 2.45) is 11.0 Å². The summed E-state index contributed by atoms with van der Waals surface area (Å²) in [6.45, 7) is 1.97. The molecule has 3 rings (SSSR count). The van der Waals surface area contributed by atoms with E-state index in [4.69, 9.17) is 0 Å². The maximum absolute atomic E-state index is 13.2. The van der Waals surface area contributed by atoms with Crippen LogP contribution in [0.1, 0.15) is 31.7 Å². The van der Waals surface area contributed by atoms with Crippen molar-refractivity contribution in [3.05, 3.63) is 70.0 Å². The molecule has 1 unspecified atom stereocenters. The van der Waals surface area contributed by atoms with Crippen molar-refractivity contribution in [3.8, 4) is 0 Å². The highest BCUT2D eigenvalue weighted by atomic mass is 79.9. The number of benzene rings is 2. The van der Waals surface area contributed by atoms with Gasteiger partial charge in [0, 0.05) is 10.0 Å². The number of hydrazone groups is 1. The van der Waals surface area contributed by atoms with Crippen molar-refractivity contribution in [2.75, 3.05) is 5.01 Å². The number of halogens is 2. The van der Waals surface area contributed by atoms with Crippen LogP contribution in [0.4, 0.5) is 10.1 Å². The number of amides is 1. The fraction of sp³-hybridized carbons (Fsp3) is 0.227. The van der Waals surface area contributed by atoms with Gasteiger partial charge >= 0.3 is 5.97 Å². The molecular formula is C22H20BrFN2O3. The Morgan fingerprint density at radius 1 is 1.21 bits per heavy atom. The first-order chi connectivity index (χ1) is 13.9. The number of carbonyl (C=O) groups is 2. The summed E-state index contributed by atoms with van der Waals surface area (Å²) in [5.74, 6) is -2.43. The molecule has 0 bridgehead atoms. The zero-order chi connectivity index (χ0) is 21.0. The molecule has 0 saturated carbocycles. The Kier molecular flexibility index (Phi) is 6.59. The second kappa shape index (κ2) is 9.13. The van der Waals surface area contributed by atoms with Gasteiger partial charge in [-0.2, -0.15) is 5.10 Å². The fourth-order valence-electron chi connectivity index (χ4n) is 3.18. The highest BCUT2D eigenvalue weighted by molar-refractivity contribution is 9.10. The third-order valence-electron chi connectivity index (χ3n) is 4.62. The van der Waals surface area contributed by atoms with Crippen LogP contribution in [0.15, 0.2) is 63.7 Å². The second-order valence-electron chi connectivity index (χ2n) is 6.75. The molecule has 1 aliphatic heterocycles. The number of rotatable bonds is 7. The lowest BCUT2D eigenvalue weighted by atomic mass is 9.91. The quantitative estimate of drug-likeness (QED) is 0.574. The van der Waals surface area contributed by atoms with Gasteiger partial charge in [0.25, 0.3) is 5.91 Å². The Morgan fingerprint density at radius 2 is 1.86 bits per heavy atom. The first-order valence-corrected chi connectivity index (χ1v) is 10.0. The maximum Gasteiger partial charge on any atom is 0.331 e. The molecule has 2 aromatic rings. The lowest BCUT2D eigenvalue weighted by molar-refractivity contribution is -0.132. The zero-order valence-electron chi connectivity index (χ0n) is 15.8. The molecule has 1 atom stereocenters. The second-order valence-corrected chi connectivity index (χ2v) is 7.67. The molecular weight excluding hydrogens is 439 g/mol. The average molecular weight is 459 g/mol. The summed E-state index contributed by atoms with van der Waals surface area (Å²) in [7, 11) is 0. The van der Waals surface area contributed by atoms with Crippen LogP contribution in [-0.2, 0) is 9.59 Å². The number of carbonyl (C=O) groups excluding carboxylic acids is 1. The van der Waals surface area contributed by atoms with E-state index in [0.29, 0.717) is 17.8 Å². The minimum atomic E-state index is -1.07. The molecule has 29 heavy (non-hydrogen) atoms. The normalized spacial score (nSPS) is 16.9. The van der Waals surface area contributed by atoms with E-state index in [1.54, 1.807) is 18.2 Å². The molecule has 150 valence electrons. The Hall–Kier alpha value is -2.80. The van der Waals surface area contributed by atoms with Crippen LogP contribution < -0.4 is 5.01 Å². The molecule has 0 radical (unpaired) electrons. The van der Waals surface area contributed by atoms with Gasteiger partial charge in [-0.15, -0.1) is 0 Å². The molecule has 1 amide bonds. The number of carboxylic acid groups (broad SMARTS) is 1. The van der Waals surface area contributed by atoms with E-state index in [0.717, 1.165) is 16.5 Å². The van der Waals surface area contributed by atoms with E-state index in [-0.39, 0.29) is 17.9 Å². The topological polar surface area (TPSA) is 70.0 Å². The van der Waals surface area contributed by atoms with E-state index >= 15 is 0 Å². The van der Waals surface area contributed by atoms with Crippen LogP contribution in [0.25, 0.3) is 6.08 Å². The number of anilines is 1. The lowest BCUT2D eigenvalue weighted by Gasteiger charge is -2.15. The Morgan fingerprint density at radius 3 is 2.45 bits per heavy atom. The molecule has 0 aromatic heterocycles. The lowest BCUT2D eigenvalue weighted by Crippen LogP contribution is -2.28. The SMILES string of the molecule is CCCC1=NN(c2ccc(F)cc2)C(=O)C1C/C(=C/c1ccc(Br)cc1)C(=O)O. The van der Waals surface area contributed by atoms with Crippen molar-refractivity contribution in [2.45, 2.75) is 26.2 Å². The van der Waals surface area contributed by atoms with Gasteiger partial charge in [0.2, 0.25) is 0 Å². The van der Waals surface area contributed by atoms with Crippen LogP contribution in [0, 0.1) is 11.7 Å². The van der Waals surface area contributed by atoms with Gasteiger partial charge in [-0.25, -0.2) is 14.2 Å². The fourth-order valence-corrected chi connectivity index (χ4v) is 3.44. The molecule has 0 fully saturated rings. The molecule has 1 heterocycles. The molecule has 1 N–H and O–H groups in total. The number of hydrogen-bond donors (Lipinski definition) is 1. The molecule has 7 heteroatoms. The van der Waals surface area contributed by atoms with Crippen LogP contribution in [0.2, 0.25) is 0 Å². The summed E-state index contributed by atoms with van der Waals surface area (Å²) in [5.41, 5.74) is 1.97. The van der Waals surface area contributed by atoms with Gasteiger partial charge in [0.05, 0.1) is 17.3 Å². The van der Waals surface area contributed by atoms with Crippen molar-refractivity contribution < 1.29 is 19.1 Å². The molecule has 0 spiro atoms. The predicted molar refractivity (Wildman–Crippen MR) is 114 cm³/mol. The zero-order valence-corrected chi connectivity index (χ0v) is 17.4. The Labute approximate surface area is 176 Å². The molecule has 0 saturated heterocycles. The van der Waals surface area contributed by atoms with Gasteiger partial charge in [0.1, 0.15) is 5.82 Å². The van der Waals surface area contributed by atoms with Crippen molar-refractivity contribution >= 4 is 45.3 Å². The highest BCUT2D eigenvalue weighted by Gasteiger charge is 2.37. The van der Waals surface area contributed by atoms with E-state index in [1.165, 1.54) is 29.3 Å². The van der Waals surface area contributed by atoms with Crippen LogP contribution in [0.3, 0.4) is 0 Å². The van der Waals surface area contributed by atoms with Crippen molar-refractivity contribution in [3.63, 3.8) is 0 Å². The summed E-state index contributed by atoms with van der Waals surface area (Å²) in [6, 6.07) is 12.8. The summed E-state index contributed by atoms with van der Waals surface area (Å²) >= 11 is 3.35. The summed E-state index contributed by atoms with van der Waals surface area (Å²) < 4.78 is 14.1. The van der Waals surface area contributed by atoms with Gasteiger partial charge in [0.15, 0.2) is 0 Å². The number of hydrogen-bond acceptors (Lipinski definition) is 3. The number of aliphatic carboxylic acids is 1. The maximum atomic E-state index is 13.2. The van der Waals surface area contributed by atoms with Crippen LogP contribution in [0.5, 0.6) is 0 Å². The van der Waals surface area contributed by atoms with Crippen LogP contribution >= 0.6 is 15.9 Å². The first-order valence-electron chi connectivity index (χ1n) is 9.25. The Balaban J connectivity index is 1.89. The van der Waals surface area contributed by atoms with E-state index < -0.39 is 17.7 Å². The van der Waals surface area contributed by atoms with Gasteiger partial charge < -0.3 is 5.11 Å². The largest absolute Gasteiger partial charge is 0.478 e. The van der Waals surface area contributed by atoms with Crippen molar-refractivity contribution in [1.82, 2.24) is 0 Å². The predicted octanol–water partition coefficient (Wildman–Crippen LogP) is 5.27. The minimum absolute atomic E-state index is 0.0424. The number of carboxylic acids is 1. The molecule has 0 aliphatic carbocycles. The van der Waals surface area contributed by atoms with Gasteiger partial charge in [-0.3, -0.25) is 4.79 Å². The van der Waals surface area contributed by atoms with Gasteiger partial charge in [-0.1, -0.05) is 41.4 Å². The summed E-state index contributed by atoms with van der Waals surface area (Å²) in [6.07, 6.45) is 2.98.